The number of hydrogen-bond acceptors (Lipinski definition) is 2. The van der Waals surface area contributed by atoms with E-state index in [1.165, 1.54) is 5.56 Å². The van der Waals surface area contributed by atoms with Crippen molar-refractivity contribution in [2.75, 3.05) is 5.32 Å². The lowest BCUT2D eigenvalue weighted by Gasteiger charge is -2.08. The Labute approximate surface area is 120 Å². The summed E-state index contributed by atoms with van der Waals surface area (Å²) in [7, 11) is 0. The molecule has 1 aromatic heterocycles. The third kappa shape index (κ3) is 2.87. The van der Waals surface area contributed by atoms with E-state index >= 15 is 0 Å². The molecular formula is C14H13IN2O. The van der Waals surface area contributed by atoms with Crippen LogP contribution in [-0.4, -0.2) is 10.9 Å². The Morgan fingerprint density at radius 1 is 1.28 bits per heavy atom. The quantitative estimate of drug-likeness (QED) is 0.840. The molecule has 0 aliphatic heterocycles. The highest BCUT2D eigenvalue weighted by Crippen LogP contribution is 2.18. The van der Waals surface area contributed by atoms with E-state index in [1.54, 1.807) is 18.3 Å². The molecule has 1 heterocycles. The maximum absolute atomic E-state index is 12.1. The number of aromatic nitrogens is 1. The average molecular weight is 352 g/mol. The Morgan fingerprint density at radius 2 is 2.06 bits per heavy atom. The highest BCUT2D eigenvalue weighted by molar-refractivity contribution is 14.1. The van der Waals surface area contributed by atoms with E-state index in [0.29, 0.717) is 5.56 Å². The zero-order valence-corrected chi connectivity index (χ0v) is 12.4. The molecule has 0 spiro atoms. The first-order chi connectivity index (χ1) is 8.58. The molecule has 2 aromatic rings. The minimum Gasteiger partial charge on any atom is -0.322 e. The summed E-state index contributed by atoms with van der Waals surface area (Å²) in [6.07, 6.45) is 1.68. The van der Waals surface area contributed by atoms with E-state index in [9.17, 15) is 4.79 Å². The Morgan fingerprint density at radius 3 is 2.72 bits per heavy atom. The molecule has 0 unspecified atom stereocenters. The first-order valence-electron chi connectivity index (χ1n) is 5.57. The van der Waals surface area contributed by atoms with Crippen LogP contribution in [0.3, 0.4) is 0 Å². The van der Waals surface area contributed by atoms with Crippen LogP contribution >= 0.6 is 22.6 Å². The fourth-order valence-electron chi connectivity index (χ4n) is 1.59. The summed E-state index contributed by atoms with van der Waals surface area (Å²) in [4.78, 5) is 16.2. The summed E-state index contributed by atoms with van der Waals surface area (Å²) in [6, 6.07) is 9.39. The van der Waals surface area contributed by atoms with E-state index in [-0.39, 0.29) is 5.91 Å². The monoisotopic (exact) mass is 352 g/mol. The lowest BCUT2D eigenvalue weighted by Crippen LogP contribution is -2.14. The predicted molar refractivity (Wildman–Crippen MR) is 80.8 cm³/mol. The molecule has 4 heteroatoms. The third-order valence-corrected chi connectivity index (χ3v) is 3.84. The van der Waals surface area contributed by atoms with Gasteiger partial charge < -0.3 is 5.32 Å². The number of anilines is 1. The van der Waals surface area contributed by atoms with Crippen LogP contribution in [0.5, 0.6) is 0 Å². The van der Waals surface area contributed by atoms with E-state index in [4.69, 9.17) is 0 Å². The molecule has 18 heavy (non-hydrogen) atoms. The molecule has 0 saturated heterocycles. The summed E-state index contributed by atoms with van der Waals surface area (Å²) in [5.41, 5.74) is 3.34. The van der Waals surface area contributed by atoms with Crippen molar-refractivity contribution in [2.24, 2.45) is 0 Å². The molecule has 0 saturated carbocycles. The van der Waals surface area contributed by atoms with Gasteiger partial charge in [-0.15, -0.1) is 0 Å². The van der Waals surface area contributed by atoms with Gasteiger partial charge in [-0.05, 0) is 66.3 Å². The number of halogens is 1. The Balaban J connectivity index is 2.22. The first kappa shape index (κ1) is 13.0. The number of rotatable bonds is 2. The molecule has 0 aliphatic carbocycles. The SMILES string of the molecule is Cc1ccc(NC(=O)c2cccnc2C)cc1I. The fourth-order valence-corrected chi connectivity index (χ4v) is 2.11. The Kier molecular flexibility index (Phi) is 3.96. The molecule has 0 atom stereocenters. The summed E-state index contributed by atoms with van der Waals surface area (Å²) in [5, 5.41) is 2.88. The number of carbonyl (C=O) groups excluding carboxylic acids is 1. The summed E-state index contributed by atoms with van der Waals surface area (Å²) in [5.74, 6) is -0.125. The number of pyridine rings is 1. The molecule has 1 N–H and O–H groups in total. The molecule has 3 nitrogen and oxygen atoms in total. The first-order valence-corrected chi connectivity index (χ1v) is 6.65. The van der Waals surface area contributed by atoms with Gasteiger partial charge in [0.25, 0.3) is 5.91 Å². The van der Waals surface area contributed by atoms with Crippen LogP contribution in [0.15, 0.2) is 36.5 Å². The van der Waals surface area contributed by atoms with Crippen molar-refractivity contribution in [1.29, 1.82) is 0 Å². The van der Waals surface area contributed by atoms with Crippen LogP contribution in [-0.2, 0) is 0 Å². The normalized spacial score (nSPS) is 10.2. The molecule has 0 radical (unpaired) electrons. The lowest BCUT2D eigenvalue weighted by molar-refractivity contribution is 0.102. The van der Waals surface area contributed by atoms with Gasteiger partial charge in [-0.3, -0.25) is 9.78 Å². The van der Waals surface area contributed by atoms with Crippen molar-refractivity contribution in [2.45, 2.75) is 13.8 Å². The van der Waals surface area contributed by atoms with Crippen molar-refractivity contribution in [3.05, 3.63) is 56.9 Å². The van der Waals surface area contributed by atoms with Gasteiger partial charge in [-0.1, -0.05) is 6.07 Å². The van der Waals surface area contributed by atoms with E-state index in [0.717, 1.165) is 15.0 Å². The minimum atomic E-state index is -0.125. The second-order valence-electron chi connectivity index (χ2n) is 4.05. The van der Waals surface area contributed by atoms with Crippen molar-refractivity contribution in [3.63, 3.8) is 0 Å². The van der Waals surface area contributed by atoms with Gasteiger partial charge in [0.15, 0.2) is 0 Å². The van der Waals surface area contributed by atoms with Crippen molar-refractivity contribution >= 4 is 34.2 Å². The highest BCUT2D eigenvalue weighted by Gasteiger charge is 2.09. The van der Waals surface area contributed by atoms with E-state index < -0.39 is 0 Å². The summed E-state index contributed by atoms with van der Waals surface area (Å²) >= 11 is 2.25. The summed E-state index contributed by atoms with van der Waals surface area (Å²) in [6.45, 7) is 3.87. The lowest BCUT2D eigenvalue weighted by atomic mass is 10.2. The number of amides is 1. The second kappa shape index (κ2) is 5.48. The van der Waals surface area contributed by atoms with Gasteiger partial charge in [0.1, 0.15) is 0 Å². The van der Waals surface area contributed by atoms with Gasteiger partial charge in [0.05, 0.1) is 5.56 Å². The topological polar surface area (TPSA) is 42.0 Å². The maximum atomic E-state index is 12.1. The van der Waals surface area contributed by atoms with Gasteiger partial charge in [-0.25, -0.2) is 0 Å². The van der Waals surface area contributed by atoms with Crippen LogP contribution in [0.25, 0.3) is 0 Å². The van der Waals surface area contributed by atoms with Crippen LogP contribution in [0.1, 0.15) is 21.6 Å². The van der Waals surface area contributed by atoms with Gasteiger partial charge in [-0.2, -0.15) is 0 Å². The van der Waals surface area contributed by atoms with Gasteiger partial charge >= 0.3 is 0 Å². The molecule has 0 bridgehead atoms. The molecule has 92 valence electrons. The maximum Gasteiger partial charge on any atom is 0.257 e. The number of nitrogens with one attached hydrogen (secondary N) is 1. The Bertz CT molecular complexity index is 596. The number of aryl methyl sites for hydroxylation is 2. The zero-order chi connectivity index (χ0) is 13.1. The van der Waals surface area contributed by atoms with Crippen LogP contribution in [0.2, 0.25) is 0 Å². The molecule has 1 amide bonds. The number of hydrogen-bond donors (Lipinski definition) is 1. The van der Waals surface area contributed by atoms with E-state index in [2.05, 4.69) is 32.9 Å². The van der Waals surface area contributed by atoms with Gasteiger partial charge in [0, 0.05) is 21.1 Å². The minimum absolute atomic E-state index is 0.125. The smallest absolute Gasteiger partial charge is 0.257 e. The summed E-state index contributed by atoms with van der Waals surface area (Å²) < 4.78 is 1.13. The number of benzene rings is 1. The third-order valence-electron chi connectivity index (χ3n) is 2.68. The largest absolute Gasteiger partial charge is 0.322 e. The number of nitrogens with zero attached hydrogens (tertiary/aromatic N) is 1. The second-order valence-corrected chi connectivity index (χ2v) is 5.22. The zero-order valence-electron chi connectivity index (χ0n) is 10.2. The van der Waals surface area contributed by atoms with Crippen LogP contribution in [0, 0.1) is 17.4 Å². The van der Waals surface area contributed by atoms with Crippen LogP contribution < -0.4 is 5.32 Å². The van der Waals surface area contributed by atoms with E-state index in [1.807, 2.05) is 32.0 Å². The molecular weight excluding hydrogens is 339 g/mol. The number of carbonyl (C=O) groups is 1. The molecule has 2 rings (SSSR count). The standard InChI is InChI=1S/C14H13IN2O/c1-9-5-6-11(8-13(9)15)17-14(18)12-4-3-7-16-10(12)2/h3-8H,1-2H3,(H,17,18). The highest BCUT2D eigenvalue weighted by atomic mass is 127. The van der Waals surface area contributed by atoms with Crippen molar-refractivity contribution in [3.8, 4) is 0 Å². The van der Waals surface area contributed by atoms with Gasteiger partial charge in [0.2, 0.25) is 0 Å². The Hall–Kier alpha value is -1.43. The predicted octanol–water partition coefficient (Wildman–Crippen LogP) is 3.56. The molecule has 0 fully saturated rings. The molecule has 1 aromatic carbocycles. The average Bonchev–Trinajstić information content (AvgIpc) is 2.34. The van der Waals surface area contributed by atoms with Crippen molar-refractivity contribution < 1.29 is 4.79 Å². The fraction of sp³-hybridized carbons (Fsp3) is 0.143. The van der Waals surface area contributed by atoms with Crippen molar-refractivity contribution in [1.82, 2.24) is 4.98 Å². The van der Waals surface area contributed by atoms with Crippen LogP contribution in [0.4, 0.5) is 5.69 Å². The molecule has 0 aliphatic rings.